The second kappa shape index (κ2) is 6.88. The van der Waals surface area contributed by atoms with E-state index in [0.29, 0.717) is 13.1 Å². The van der Waals surface area contributed by atoms with E-state index in [9.17, 15) is 0 Å². The van der Waals surface area contributed by atoms with Crippen molar-refractivity contribution in [3.8, 4) is 5.75 Å². The van der Waals surface area contributed by atoms with Crippen LogP contribution in [-0.2, 0) is 12.3 Å². The maximum Gasteiger partial charge on any atom is 0.209 e. The maximum absolute atomic E-state index is 5.51. The van der Waals surface area contributed by atoms with Crippen LogP contribution >= 0.6 is 27.7 Å². The molecule has 0 aliphatic rings. The van der Waals surface area contributed by atoms with Crippen molar-refractivity contribution >= 4 is 27.7 Å². The normalized spacial score (nSPS) is 10.7. The molecule has 0 saturated carbocycles. The number of ether oxygens (including phenoxy) is 1. The summed E-state index contributed by atoms with van der Waals surface area (Å²) in [5.74, 6) is 1.58. The Morgan fingerprint density at radius 2 is 2.32 bits per heavy atom. The third-order valence-corrected chi connectivity index (χ3v) is 3.94. The van der Waals surface area contributed by atoms with Gasteiger partial charge in [0.1, 0.15) is 5.75 Å². The predicted molar refractivity (Wildman–Crippen MR) is 77.1 cm³/mol. The van der Waals surface area contributed by atoms with Crippen molar-refractivity contribution in [2.45, 2.75) is 17.5 Å². The number of nitrogens with zero attached hydrogens (tertiary/aromatic N) is 4. The molecule has 2 aromatic rings. The molecule has 0 amide bonds. The van der Waals surface area contributed by atoms with Crippen molar-refractivity contribution in [2.75, 3.05) is 13.7 Å². The van der Waals surface area contributed by atoms with Gasteiger partial charge in [0.25, 0.3) is 0 Å². The summed E-state index contributed by atoms with van der Waals surface area (Å²) >= 11 is 5.01. The molecule has 0 spiro atoms. The molecule has 0 saturated heterocycles. The Bertz CT molecular complexity index is 548. The number of tetrazole rings is 1. The summed E-state index contributed by atoms with van der Waals surface area (Å²) in [5, 5.41) is 12.3. The molecule has 0 aliphatic heterocycles. The molecule has 0 atom stereocenters. The molecule has 1 aromatic carbocycles. The number of nitrogens with two attached hydrogens (primary N) is 1. The lowest BCUT2D eigenvalue weighted by Gasteiger charge is -2.08. The second-order valence-corrected chi connectivity index (χ2v) is 5.58. The fourth-order valence-electron chi connectivity index (χ4n) is 1.56. The molecular formula is C11H14BrN5OS. The Kier molecular flexibility index (Phi) is 5.17. The summed E-state index contributed by atoms with van der Waals surface area (Å²) < 4.78 is 8.06. The number of halogens is 1. The molecule has 6 nitrogen and oxygen atoms in total. The van der Waals surface area contributed by atoms with Crippen molar-refractivity contribution in [2.24, 2.45) is 5.73 Å². The minimum atomic E-state index is 0.513. The van der Waals surface area contributed by atoms with Gasteiger partial charge in [-0.15, -0.1) is 5.10 Å². The van der Waals surface area contributed by atoms with Crippen LogP contribution in [0.15, 0.2) is 27.8 Å². The zero-order valence-electron chi connectivity index (χ0n) is 10.4. The number of hydrogen-bond acceptors (Lipinski definition) is 6. The SMILES string of the molecule is COc1ccc(Br)cc1CSc1nnnn1CCN. The minimum absolute atomic E-state index is 0.513. The van der Waals surface area contributed by atoms with E-state index in [4.69, 9.17) is 10.5 Å². The Morgan fingerprint density at radius 1 is 1.47 bits per heavy atom. The molecule has 0 radical (unpaired) electrons. The quantitative estimate of drug-likeness (QED) is 0.804. The largest absolute Gasteiger partial charge is 0.496 e. The zero-order chi connectivity index (χ0) is 13.7. The van der Waals surface area contributed by atoms with Gasteiger partial charge in [-0.2, -0.15) is 0 Å². The molecule has 0 aliphatic carbocycles. The van der Waals surface area contributed by atoms with Crippen LogP contribution in [0.4, 0.5) is 0 Å². The number of hydrogen-bond donors (Lipinski definition) is 1. The van der Waals surface area contributed by atoms with E-state index in [2.05, 4.69) is 31.5 Å². The summed E-state index contributed by atoms with van der Waals surface area (Å²) in [6.07, 6.45) is 0. The van der Waals surface area contributed by atoms with E-state index in [1.807, 2.05) is 18.2 Å². The highest BCUT2D eigenvalue weighted by Gasteiger charge is 2.09. The van der Waals surface area contributed by atoms with E-state index in [1.165, 1.54) is 0 Å². The van der Waals surface area contributed by atoms with Gasteiger partial charge in [-0.05, 0) is 28.6 Å². The molecule has 0 bridgehead atoms. The molecule has 1 aromatic heterocycles. The second-order valence-electron chi connectivity index (χ2n) is 3.72. The number of aromatic nitrogens is 4. The average Bonchev–Trinajstić information content (AvgIpc) is 2.84. The lowest BCUT2D eigenvalue weighted by atomic mass is 10.2. The van der Waals surface area contributed by atoms with Crippen LogP contribution in [0.5, 0.6) is 5.75 Å². The highest BCUT2D eigenvalue weighted by atomic mass is 79.9. The van der Waals surface area contributed by atoms with Crippen molar-refractivity contribution in [1.29, 1.82) is 0 Å². The monoisotopic (exact) mass is 343 g/mol. The number of thioether (sulfide) groups is 1. The molecule has 0 fully saturated rings. The molecule has 2 rings (SSSR count). The standard InChI is InChI=1S/C11H14BrN5OS/c1-18-10-3-2-9(12)6-8(10)7-19-11-14-15-16-17(11)5-4-13/h2-3,6H,4-5,7,13H2,1H3. The molecule has 2 N–H and O–H groups in total. The van der Waals surface area contributed by atoms with E-state index in [-0.39, 0.29) is 0 Å². The van der Waals surface area contributed by atoms with E-state index < -0.39 is 0 Å². The zero-order valence-corrected chi connectivity index (χ0v) is 12.8. The molecule has 1 heterocycles. The first-order valence-electron chi connectivity index (χ1n) is 5.66. The topological polar surface area (TPSA) is 78.9 Å². The lowest BCUT2D eigenvalue weighted by Crippen LogP contribution is -2.12. The Balaban J connectivity index is 2.09. The molecule has 102 valence electrons. The van der Waals surface area contributed by atoms with Gasteiger partial charge in [0.05, 0.1) is 13.7 Å². The number of benzene rings is 1. The summed E-state index contributed by atoms with van der Waals surface area (Å²) in [5.41, 5.74) is 6.60. The first-order chi connectivity index (χ1) is 9.24. The van der Waals surface area contributed by atoms with Gasteiger partial charge in [-0.1, -0.05) is 27.7 Å². The van der Waals surface area contributed by atoms with Crippen molar-refractivity contribution in [1.82, 2.24) is 20.2 Å². The summed E-state index contributed by atoms with van der Waals surface area (Å²) in [4.78, 5) is 0. The van der Waals surface area contributed by atoms with Crippen molar-refractivity contribution in [3.05, 3.63) is 28.2 Å². The minimum Gasteiger partial charge on any atom is -0.496 e. The van der Waals surface area contributed by atoms with Gasteiger partial charge in [-0.3, -0.25) is 0 Å². The van der Waals surface area contributed by atoms with Gasteiger partial charge in [-0.25, -0.2) is 4.68 Å². The van der Waals surface area contributed by atoms with Crippen LogP contribution in [0.3, 0.4) is 0 Å². The van der Waals surface area contributed by atoms with Crippen molar-refractivity contribution < 1.29 is 4.74 Å². The first kappa shape index (κ1) is 14.3. The van der Waals surface area contributed by atoms with Crippen LogP contribution < -0.4 is 10.5 Å². The highest BCUT2D eigenvalue weighted by molar-refractivity contribution is 9.10. The van der Waals surface area contributed by atoms with Crippen LogP contribution in [0.2, 0.25) is 0 Å². The molecular weight excluding hydrogens is 330 g/mol. The van der Waals surface area contributed by atoms with Crippen LogP contribution in [0.25, 0.3) is 0 Å². The van der Waals surface area contributed by atoms with E-state index in [1.54, 1.807) is 23.6 Å². The first-order valence-corrected chi connectivity index (χ1v) is 7.44. The number of methoxy groups -OCH3 is 1. The smallest absolute Gasteiger partial charge is 0.209 e. The fraction of sp³-hybridized carbons (Fsp3) is 0.364. The number of rotatable bonds is 6. The van der Waals surface area contributed by atoms with Gasteiger partial charge in [0.2, 0.25) is 5.16 Å². The van der Waals surface area contributed by atoms with Gasteiger partial charge < -0.3 is 10.5 Å². The van der Waals surface area contributed by atoms with Gasteiger partial charge >= 0.3 is 0 Å². The summed E-state index contributed by atoms with van der Waals surface area (Å²) in [6.45, 7) is 1.13. The maximum atomic E-state index is 5.51. The summed E-state index contributed by atoms with van der Waals surface area (Å²) in [7, 11) is 1.66. The van der Waals surface area contributed by atoms with Crippen LogP contribution in [0, 0.1) is 0 Å². The summed E-state index contributed by atoms with van der Waals surface area (Å²) in [6, 6.07) is 5.91. The predicted octanol–water partition coefficient (Wildman–Crippen LogP) is 1.70. The fourth-order valence-corrected chi connectivity index (χ4v) is 2.85. The molecule has 8 heteroatoms. The lowest BCUT2D eigenvalue weighted by molar-refractivity contribution is 0.411. The Hall–Kier alpha value is -1.12. The molecule has 19 heavy (non-hydrogen) atoms. The van der Waals surface area contributed by atoms with Crippen LogP contribution in [-0.4, -0.2) is 33.9 Å². The molecule has 0 unspecified atom stereocenters. The van der Waals surface area contributed by atoms with Gasteiger partial charge in [0, 0.05) is 22.3 Å². The highest BCUT2D eigenvalue weighted by Crippen LogP contribution is 2.29. The third-order valence-electron chi connectivity index (χ3n) is 2.44. The Morgan fingerprint density at radius 3 is 3.05 bits per heavy atom. The van der Waals surface area contributed by atoms with Crippen molar-refractivity contribution in [3.63, 3.8) is 0 Å². The third kappa shape index (κ3) is 3.68. The van der Waals surface area contributed by atoms with E-state index in [0.717, 1.165) is 26.7 Å². The van der Waals surface area contributed by atoms with Gasteiger partial charge in [0.15, 0.2) is 0 Å². The van der Waals surface area contributed by atoms with E-state index >= 15 is 0 Å². The Labute approximate surface area is 123 Å². The van der Waals surface area contributed by atoms with Crippen LogP contribution in [0.1, 0.15) is 5.56 Å². The average molecular weight is 344 g/mol.